The third-order valence-electron chi connectivity index (χ3n) is 4.68. The summed E-state index contributed by atoms with van der Waals surface area (Å²) in [5.41, 5.74) is 1.37. The normalized spacial score (nSPS) is 26.9. The van der Waals surface area contributed by atoms with Crippen LogP contribution in [0.2, 0.25) is 0 Å². The van der Waals surface area contributed by atoms with Gasteiger partial charge in [0.15, 0.2) is 9.84 Å². The molecule has 5 nitrogen and oxygen atoms in total. The van der Waals surface area contributed by atoms with Crippen molar-refractivity contribution in [1.29, 1.82) is 0 Å². The fourth-order valence-corrected chi connectivity index (χ4v) is 4.64. The Bertz CT molecular complexity index is 675. The first-order valence-corrected chi connectivity index (χ1v) is 10.3. The predicted molar refractivity (Wildman–Crippen MR) is 90.9 cm³/mol. The molecule has 2 unspecified atom stereocenters. The molecule has 1 aromatic rings. The summed E-state index contributed by atoms with van der Waals surface area (Å²) in [7, 11) is -3.07. The van der Waals surface area contributed by atoms with Gasteiger partial charge in [0.1, 0.15) is 0 Å². The molecule has 1 aromatic carbocycles. The van der Waals surface area contributed by atoms with Gasteiger partial charge in [-0.25, -0.2) is 8.42 Å². The molecule has 0 spiro atoms. The maximum Gasteiger partial charge on any atom is 0.224 e. The van der Waals surface area contributed by atoms with Crippen LogP contribution >= 0.6 is 0 Å². The van der Waals surface area contributed by atoms with Crippen LogP contribution in [0.4, 0.5) is 5.69 Å². The molecule has 2 aliphatic rings. The van der Waals surface area contributed by atoms with Crippen molar-refractivity contribution in [1.82, 2.24) is 5.32 Å². The maximum atomic E-state index is 12.3. The largest absolute Gasteiger partial charge is 0.326 e. The lowest BCUT2D eigenvalue weighted by molar-refractivity contribution is -0.117. The van der Waals surface area contributed by atoms with Crippen LogP contribution in [0, 0.1) is 5.92 Å². The molecule has 2 atom stereocenters. The summed E-state index contributed by atoms with van der Waals surface area (Å²) in [6.07, 6.45) is 6.39. The van der Waals surface area contributed by atoms with Crippen molar-refractivity contribution < 1.29 is 13.2 Å². The highest BCUT2D eigenvalue weighted by Gasteiger charge is 2.34. The average Bonchev–Trinajstić information content (AvgIpc) is 2.76. The first-order valence-electron chi connectivity index (χ1n) is 8.20. The molecule has 126 valence electrons. The van der Waals surface area contributed by atoms with Gasteiger partial charge in [-0.2, -0.15) is 0 Å². The van der Waals surface area contributed by atoms with Crippen molar-refractivity contribution in [2.75, 3.05) is 11.6 Å². The Balaban J connectivity index is 1.56. The van der Waals surface area contributed by atoms with Gasteiger partial charge in [-0.05, 0) is 49.3 Å². The second-order valence-electron chi connectivity index (χ2n) is 7.00. The zero-order valence-corrected chi connectivity index (χ0v) is 14.2. The standard InChI is InChI=1S/C17H24N2O3S/c1-23(21,22)11-12-3-2-4-14(7-12)19-17(20)10-13-8-15-5-6-16(9-13)18-15/h2-4,7,13,15-16,18H,5-6,8-11H2,1H3,(H,19,20). The number of anilines is 1. The predicted octanol–water partition coefficient (Wildman–Crippen LogP) is 2.09. The van der Waals surface area contributed by atoms with Crippen LogP contribution in [0.3, 0.4) is 0 Å². The molecule has 3 rings (SSSR count). The van der Waals surface area contributed by atoms with Crippen LogP contribution in [-0.4, -0.2) is 32.7 Å². The third-order valence-corrected chi connectivity index (χ3v) is 5.54. The van der Waals surface area contributed by atoms with Crippen LogP contribution in [-0.2, 0) is 20.4 Å². The zero-order valence-electron chi connectivity index (χ0n) is 13.4. The number of carbonyl (C=O) groups is 1. The highest BCUT2D eigenvalue weighted by Crippen LogP contribution is 2.32. The number of piperidine rings is 1. The van der Waals surface area contributed by atoms with Crippen molar-refractivity contribution in [2.24, 2.45) is 5.92 Å². The van der Waals surface area contributed by atoms with E-state index in [4.69, 9.17) is 0 Å². The van der Waals surface area contributed by atoms with Gasteiger partial charge in [0.25, 0.3) is 0 Å². The van der Waals surface area contributed by atoms with E-state index >= 15 is 0 Å². The molecular formula is C17H24N2O3S. The van der Waals surface area contributed by atoms with Crippen molar-refractivity contribution >= 4 is 21.4 Å². The zero-order chi connectivity index (χ0) is 16.4. The van der Waals surface area contributed by atoms with E-state index in [0.717, 1.165) is 12.8 Å². The summed E-state index contributed by atoms with van der Waals surface area (Å²) in [4.78, 5) is 12.3. The minimum atomic E-state index is -3.07. The monoisotopic (exact) mass is 336 g/mol. The Morgan fingerprint density at radius 2 is 1.96 bits per heavy atom. The van der Waals surface area contributed by atoms with E-state index in [-0.39, 0.29) is 11.7 Å². The number of sulfone groups is 1. The van der Waals surface area contributed by atoms with Gasteiger partial charge < -0.3 is 10.6 Å². The van der Waals surface area contributed by atoms with E-state index in [9.17, 15) is 13.2 Å². The molecule has 2 heterocycles. The van der Waals surface area contributed by atoms with Gasteiger partial charge in [-0.15, -0.1) is 0 Å². The lowest BCUT2D eigenvalue weighted by atomic mass is 9.89. The number of rotatable bonds is 5. The van der Waals surface area contributed by atoms with Crippen LogP contribution < -0.4 is 10.6 Å². The van der Waals surface area contributed by atoms with Crippen molar-refractivity contribution in [3.8, 4) is 0 Å². The summed E-state index contributed by atoms with van der Waals surface area (Å²) in [6, 6.07) is 8.26. The fraction of sp³-hybridized carbons (Fsp3) is 0.588. The molecule has 2 N–H and O–H groups in total. The highest BCUT2D eigenvalue weighted by atomic mass is 32.2. The number of nitrogens with one attached hydrogen (secondary N) is 2. The number of hydrogen-bond donors (Lipinski definition) is 2. The first kappa shape index (κ1) is 16.5. The minimum Gasteiger partial charge on any atom is -0.326 e. The topological polar surface area (TPSA) is 75.3 Å². The summed E-state index contributed by atoms with van der Waals surface area (Å²) in [5, 5.41) is 6.50. The molecule has 23 heavy (non-hydrogen) atoms. The Morgan fingerprint density at radius 3 is 2.61 bits per heavy atom. The second-order valence-corrected chi connectivity index (χ2v) is 9.14. The van der Waals surface area contributed by atoms with E-state index in [1.54, 1.807) is 24.3 Å². The lowest BCUT2D eigenvalue weighted by Gasteiger charge is -2.28. The molecule has 0 aliphatic carbocycles. The number of benzene rings is 1. The lowest BCUT2D eigenvalue weighted by Crippen LogP contribution is -2.39. The SMILES string of the molecule is CS(=O)(=O)Cc1cccc(NC(=O)CC2CC3CCC(C2)N3)c1. The third kappa shape index (κ3) is 4.78. The Morgan fingerprint density at radius 1 is 1.26 bits per heavy atom. The fourth-order valence-electron chi connectivity index (χ4n) is 3.86. The second kappa shape index (κ2) is 6.61. The number of carbonyl (C=O) groups excluding carboxylic acids is 1. The molecule has 6 heteroatoms. The Labute approximate surface area is 137 Å². The maximum absolute atomic E-state index is 12.3. The molecular weight excluding hydrogens is 312 g/mol. The summed E-state index contributed by atoms with van der Waals surface area (Å²) in [6.45, 7) is 0. The Hall–Kier alpha value is -1.40. The van der Waals surface area contributed by atoms with Gasteiger partial charge in [-0.1, -0.05) is 12.1 Å². The molecule has 2 aliphatic heterocycles. The van der Waals surface area contributed by atoms with Crippen molar-refractivity contribution in [2.45, 2.75) is 49.9 Å². The number of amides is 1. The van der Waals surface area contributed by atoms with Crippen LogP contribution in [0.15, 0.2) is 24.3 Å². The number of fused-ring (bicyclic) bond motifs is 2. The van der Waals surface area contributed by atoms with E-state index < -0.39 is 9.84 Å². The van der Waals surface area contributed by atoms with E-state index in [1.807, 2.05) is 0 Å². The van der Waals surface area contributed by atoms with E-state index in [1.165, 1.54) is 19.1 Å². The van der Waals surface area contributed by atoms with Crippen LogP contribution in [0.5, 0.6) is 0 Å². The average molecular weight is 336 g/mol. The van der Waals surface area contributed by atoms with Gasteiger partial charge in [0.2, 0.25) is 5.91 Å². The summed E-state index contributed by atoms with van der Waals surface area (Å²) in [5.74, 6) is 0.467. The molecule has 2 saturated heterocycles. The van der Waals surface area contributed by atoms with Crippen molar-refractivity contribution in [3.05, 3.63) is 29.8 Å². The van der Waals surface area contributed by atoms with E-state index in [0.29, 0.717) is 35.7 Å². The molecule has 0 aromatic heterocycles. The summed E-state index contributed by atoms with van der Waals surface area (Å²) < 4.78 is 22.7. The van der Waals surface area contributed by atoms with Gasteiger partial charge in [-0.3, -0.25) is 4.79 Å². The Kier molecular flexibility index (Phi) is 4.73. The van der Waals surface area contributed by atoms with Gasteiger partial charge >= 0.3 is 0 Å². The van der Waals surface area contributed by atoms with Crippen LogP contribution in [0.1, 0.15) is 37.7 Å². The molecule has 2 fully saturated rings. The molecule has 0 radical (unpaired) electrons. The number of hydrogen-bond acceptors (Lipinski definition) is 4. The summed E-state index contributed by atoms with van der Waals surface area (Å²) >= 11 is 0. The molecule has 2 bridgehead atoms. The minimum absolute atomic E-state index is 0.00559. The van der Waals surface area contributed by atoms with Gasteiger partial charge in [0, 0.05) is 30.4 Å². The quantitative estimate of drug-likeness (QED) is 0.863. The highest BCUT2D eigenvalue weighted by molar-refractivity contribution is 7.89. The van der Waals surface area contributed by atoms with E-state index in [2.05, 4.69) is 10.6 Å². The molecule has 1 amide bonds. The first-order chi connectivity index (χ1) is 10.9. The smallest absolute Gasteiger partial charge is 0.224 e. The van der Waals surface area contributed by atoms with Crippen molar-refractivity contribution in [3.63, 3.8) is 0 Å². The van der Waals surface area contributed by atoms with Crippen LogP contribution in [0.25, 0.3) is 0 Å². The van der Waals surface area contributed by atoms with Gasteiger partial charge in [0.05, 0.1) is 5.75 Å². The molecule has 0 saturated carbocycles.